The Morgan fingerprint density at radius 2 is 2.60 bits per heavy atom. The molecule has 1 rings (SSSR count). The first-order chi connectivity index (χ1) is 4.75. The lowest BCUT2D eigenvalue weighted by Crippen LogP contribution is -1.97. The molecule has 0 aliphatic heterocycles. The van der Waals surface area contributed by atoms with Gasteiger partial charge in [-0.2, -0.15) is 0 Å². The number of methoxy groups -OCH3 is 1. The number of carbonyl (C=O) groups is 1. The third-order valence-electron chi connectivity index (χ3n) is 0.934. The first-order valence-corrected chi connectivity index (χ1v) is 4.10. The van der Waals surface area contributed by atoms with Gasteiger partial charge in [-0.25, -0.2) is 4.79 Å². The van der Waals surface area contributed by atoms with Crippen molar-refractivity contribution < 1.29 is 9.53 Å². The minimum atomic E-state index is -0.321. The molecular formula is C6H4BrO2S. The Labute approximate surface area is 70.9 Å². The van der Waals surface area contributed by atoms with E-state index in [0.717, 1.165) is 4.47 Å². The number of halogens is 1. The van der Waals surface area contributed by atoms with E-state index in [1.165, 1.54) is 18.4 Å². The molecule has 4 heteroatoms. The van der Waals surface area contributed by atoms with E-state index in [2.05, 4.69) is 26.0 Å². The van der Waals surface area contributed by atoms with Gasteiger partial charge in [0.25, 0.3) is 0 Å². The average Bonchev–Trinajstić information content (AvgIpc) is 2.34. The van der Waals surface area contributed by atoms with Crippen LogP contribution in [0.1, 0.15) is 9.67 Å². The van der Waals surface area contributed by atoms with Crippen LogP contribution >= 0.6 is 27.3 Å². The standard InChI is InChI=1S/C6H4BrO2S/c1-9-6(8)5-4(7)2-3-10-5/h2H,1H3. The molecule has 0 aromatic carbocycles. The van der Waals surface area contributed by atoms with Gasteiger partial charge in [-0.05, 0) is 22.0 Å². The lowest BCUT2D eigenvalue weighted by molar-refractivity contribution is 0.0605. The second kappa shape index (κ2) is 3.16. The van der Waals surface area contributed by atoms with Crippen LogP contribution in [0.3, 0.4) is 0 Å². The number of hydrogen-bond acceptors (Lipinski definition) is 3. The van der Waals surface area contributed by atoms with Gasteiger partial charge < -0.3 is 4.74 Å². The molecule has 0 fully saturated rings. The second-order valence-electron chi connectivity index (χ2n) is 1.53. The average molecular weight is 220 g/mol. The van der Waals surface area contributed by atoms with Crippen LogP contribution in [0.2, 0.25) is 0 Å². The highest BCUT2D eigenvalue weighted by Crippen LogP contribution is 2.22. The van der Waals surface area contributed by atoms with E-state index in [-0.39, 0.29) is 5.97 Å². The van der Waals surface area contributed by atoms with Crippen LogP contribution in [0.15, 0.2) is 10.5 Å². The lowest BCUT2D eigenvalue weighted by Gasteiger charge is -1.93. The molecule has 0 unspecified atom stereocenters. The molecule has 0 spiro atoms. The summed E-state index contributed by atoms with van der Waals surface area (Å²) in [6, 6.07) is 1.69. The predicted octanol–water partition coefficient (Wildman–Crippen LogP) is 2.10. The van der Waals surface area contributed by atoms with E-state index in [4.69, 9.17) is 0 Å². The molecular weight excluding hydrogens is 216 g/mol. The van der Waals surface area contributed by atoms with Crippen LogP contribution in [0.5, 0.6) is 0 Å². The Kier molecular flexibility index (Phi) is 2.45. The number of ether oxygens (including phenoxy) is 1. The minimum Gasteiger partial charge on any atom is -0.465 e. The summed E-state index contributed by atoms with van der Waals surface area (Å²) in [7, 11) is 1.36. The Morgan fingerprint density at radius 3 is 3.00 bits per heavy atom. The SMILES string of the molecule is COC(=O)c1s[c]cc1Br. The highest BCUT2D eigenvalue weighted by Gasteiger charge is 2.10. The van der Waals surface area contributed by atoms with Crippen molar-refractivity contribution in [2.24, 2.45) is 0 Å². The van der Waals surface area contributed by atoms with Gasteiger partial charge in [0.1, 0.15) is 4.88 Å². The van der Waals surface area contributed by atoms with Crippen LogP contribution in [0.4, 0.5) is 0 Å². The monoisotopic (exact) mass is 219 g/mol. The van der Waals surface area contributed by atoms with Gasteiger partial charge >= 0.3 is 5.97 Å². The summed E-state index contributed by atoms with van der Waals surface area (Å²) < 4.78 is 5.24. The summed E-state index contributed by atoms with van der Waals surface area (Å²) in [6.45, 7) is 0. The van der Waals surface area contributed by atoms with Gasteiger partial charge in [0.05, 0.1) is 7.11 Å². The maximum Gasteiger partial charge on any atom is 0.349 e. The van der Waals surface area contributed by atoms with Crippen molar-refractivity contribution in [3.8, 4) is 0 Å². The van der Waals surface area contributed by atoms with Gasteiger partial charge in [-0.15, -0.1) is 11.3 Å². The fourth-order valence-electron chi connectivity index (χ4n) is 0.486. The van der Waals surface area contributed by atoms with E-state index in [0.29, 0.717) is 4.88 Å². The third kappa shape index (κ3) is 1.38. The summed E-state index contributed by atoms with van der Waals surface area (Å²) >= 11 is 4.42. The number of thiophene rings is 1. The maximum atomic E-state index is 10.8. The fraction of sp³-hybridized carbons (Fsp3) is 0.167. The molecule has 10 heavy (non-hydrogen) atoms. The second-order valence-corrected chi connectivity index (χ2v) is 3.24. The van der Waals surface area contributed by atoms with Gasteiger partial charge in [0.15, 0.2) is 0 Å². The summed E-state index contributed by atoms with van der Waals surface area (Å²) in [6.07, 6.45) is 0. The van der Waals surface area contributed by atoms with Crippen LogP contribution < -0.4 is 0 Å². The van der Waals surface area contributed by atoms with E-state index in [1.807, 2.05) is 0 Å². The molecule has 1 aromatic heterocycles. The maximum absolute atomic E-state index is 10.8. The molecule has 1 aromatic rings. The number of carbonyl (C=O) groups excluding carboxylic acids is 1. The Balaban J connectivity index is 2.93. The smallest absolute Gasteiger partial charge is 0.349 e. The highest BCUT2D eigenvalue weighted by molar-refractivity contribution is 9.10. The molecule has 0 saturated carbocycles. The minimum absolute atomic E-state index is 0.321. The van der Waals surface area contributed by atoms with Crippen molar-refractivity contribution >= 4 is 33.2 Å². The third-order valence-corrected chi connectivity index (χ3v) is 2.65. The fourth-order valence-corrected chi connectivity index (χ4v) is 1.77. The lowest BCUT2D eigenvalue weighted by atomic mass is 10.5. The molecule has 0 saturated heterocycles. The van der Waals surface area contributed by atoms with Crippen molar-refractivity contribution in [2.75, 3.05) is 7.11 Å². The Bertz CT molecular complexity index is 244. The van der Waals surface area contributed by atoms with Gasteiger partial charge in [0.2, 0.25) is 0 Å². The zero-order chi connectivity index (χ0) is 7.56. The van der Waals surface area contributed by atoms with Gasteiger partial charge in [-0.3, -0.25) is 0 Å². The zero-order valence-corrected chi connectivity index (χ0v) is 7.58. The number of esters is 1. The first kappa shape index (κ1) is 7.75. The topological polar surface area (TPSA) is 26.3 Å². The summed E-state index contributed by atoms with van der Waals surface area (Å²) in [5.74, 6) is -0.321. The summed E-state index contributed by atoms with van der Waals surface area (Å²) in [5, 5.41) is 2.81. The van der Waals surface area contributed by atoms with Crippen LogP contribution in [0, 0.1) is 5.38 Å². The molecule has 2 nitrogen and oxygen atoms in total. The van der Waals surface area contributed by atoms with Crippen molar-refractivity contribution in [1.29, 1.82) is 0 Å². The Hall–Kier alpha value is -0.350. The van der Waals surface area contributed by atoms with Crippen molar-refractivity contribution in [3.63, 3.8) is 0 Å². The molecule has 0 amide bonds. The largest absolute Gasteiger partial charge is 0.465 e. The van der Waals surface area contributed by atoms with Gasteiger partial charge in [-0.1, -0.05) is 0 Å². The molecule has 0 bridgehead atoms. The first-order valence-electron chi connectivity index (χ1n) is 2.49. The molecule has 1 radical (unpaired) electrons. The van der Waals surface area contributed by atoms with E-state index < -0.39 is 0 Å². The van der Waals surface area contributed by atoms with Gasteiger partial charge in [0, 0.05) is 9.85 Å². The number of hydrogen-bond donors (Lipinski definition) is 0. The summed E-state index contributed by atoms with van der Waals surface area (Å²) in [5.41, 5.74) is 0. The van der Waals surface area contributed by atoms with E-state index >= 15 is 0 Å². The summed E-state index contributed by atoms with van der Waals surface area (Å²) in [4.78, 5) is 11.4. The normalized spacial score (nSPS) is 9.40. The van der Waals surface area contributed by atoms with Crippen molar-refractivity contribution in [2.45, 2.75) is 0 Å². The molecule has 0 aliphatic rings. The van der Waals surface area contributed by atoms with Crippen LogP contribution in [-0.4, -0.2) is 13.1 Å². The molecule has 1 heterocycles. The van der Waals surface area contributed by atoms with Crippen LogP contribution in [0.25, 0.3) is 0 Å². The molecule has 0 atom stereocenters. The molecule has 0 N–H and O–H groups in total. The predicted molar refractivity (Wildman–Crippen MR) is 42.2 cm³/mol. The van der Waals surface area contributed by atoms with Crippen molar-refractivity contribution in [3.05, 3.63) is 20.8 Å². The molecule has 0 aliphatic carbocycles. The number of rotatable bonds is 1. The Morgan fingerprint density at radius 1 is 1.90 bits per heavy atom. The van der Waals surface area contributed by atoms with E-state index in [9.17, 15) is 4.79 Å². The van der Waals surface area contributed by atoms with E-state index in [1.54, 1.807) is 6.07 Å². The zero-order valence-electron chi connectivity index (χ0n) is 5.18. The highest BCUT2D eigenvalue weighted by atomic mass is 79.9. The van der Waals surface area contributed by atoms with Crippen LogP contribution in [-0.2, 0) is 4.74 Å². The quantitative estimate of drug-likeness (QED) is 0.677. The van der Waals surface area contributed by atoms with Crippen molar-refractivity contribution in [1.82, 2.24) is 0 Å². The molecule has 53 valence electrons.